The molecule has 0 aliphatic carbocycles. The van der Waals surface area contributed by atoms with Gasteiger partial charge >= 0.3 is 5.97 Å². The van der Waals surface area contributed by atoms with Gasteiger partial charge in [0, 0.05) is 6.54 Å². The summed E-state index contributed by atoms with van der Waals surface area (Å²) in [5.74, 6) is 0.369. The lowest BCUT2D eigenvalue weighted by Crippen LogP contribution is -2.43. The molecule has 0 saturated carbocycles. The third kappa shape index (κ3) is 5.40. The molecule has 0 radical (unpaired) electrons. The molecule has 1 atom stereocenters. The number of carbonyl (C=O) groups excluding carboxylic acids is 1. The quantitative estimate of drug-likeness (QED) is 0.384. The molecule has 0 bridgehead atoms. The lowest BCUT2D eigenvalue weighted by atomic mass is 10.2. The van der Waals surface area contributed by atoms with E-state index in [0.29, 0.717) is 12.5 Å². The summed E-state index contributed by atoms with van der Waals surface area (Å²) >= 11 is 0. The van der Waals surface area contributed by atoms with Crippen LogP contribution in [0.25, 0.3) is 0 Å². The van der Waals surface area contributed by atoms with Crippen LogP contribution in [0.1, 0.15) is 20.8 Å². The minimum atomic E-state index is -0.462. The van der Waals surface area contributed by atoms with Crippen molar-refractivity contribution in [2.75, 3.05) is 13.7 Å². The standard InChI is InChI=1S/C9H19N3O2/c1-6(2)5-11-9(10)12-7(3)8(13)14-4/h6-7H,5H2,1-4H3,(H3,10,11,12). The van der Waals surface area contributed by atoms with Crippen molar-refractivity contribution in [3.63, 3.8) is 0 Å². The molecule has 5 nitrogen and oxygen atoms in total. The van der Waals surface area contributed by atoms with Gasteiger partial charge in [-0.15, -0.1) is 0 Å². The number of rotatable bonds is 4. The molecule has 0 heterocycles. The smallest absolute Gasteiger partial charge is 0.328 e. The Morgan fingerprint density at radius 1 is 1.50 bits per heavy atom. The number of nitrogens with two attached hydrogens (primary N) is 1. The molecule has 0 amide bonds. The van der Waals surface area contributed by atoms with Crippen LogP contribution < -0.4 is 11.1 Å². The van der Waals surface area contributed by atoms with E-state index in [1.54, 1.807) is 6.92 Å². The van der Waals surface area contributed by atoms with E-state index in [1.807, 2.05) is 13.8 Å². The Labute approximate surface area is 84.7 Å². The number of ether oxygens (including phenoxy) is 1. The minimum absolute atomic E-state index is 0.275. The predicted octanol–water partition coefficient (Wildman–Crippen LogP) is 0.108. The van der Waals surface area contributed by atoms with Crippen LogP contribution in [0, 0.1) is 5.92 Å². The summed E-state index contributed by atoms with van der Waals surface area (Å²) in [6.45, 7) is 6.40. The Morgan fingerprint density at radius 3 is 2.50 bits per heavy atom. The zero-order valence-corrected chi connectivity index (χ0v) is 9.20. The van der Waals surface area contributed by atoms with Crippen LogP contribution >= 0.6 is 0 Å². The highest BCUT2D eigenvalue weighted by atomic mass is 16.5. The van der Waals surface area contributed by atoms with Crippen molar-refractivity contribution in [3.8, 4) is 0 Å². The lowest BCUT2D eigenvalue weighted by Gasteiger charge is -2.12. The van der Waals surface area contributed by atoms with Gasteiger partial charge in [0.15, 0.2) is 5.96 Å². The number of nitrogens with zero attached hydrogens (tertiary/aromatic N) is 1. The third-order valence-corrected chi connectivity index (χ3v) is 1.55. The van der Waals surface area contributed by atoms with E-state index >= 15 is 0 Å². The molecule has 0 spiro atoms. The molecule has 0 rings (SSSR count). The summed E-state index contributed by atoms with van der Waals surface area (Å²) in [5.41, 5.74) is 5.55. The summed E-state index contributed by atoms with van der Waals surface area (Å²) < 4.78 is 4.53. The second kappa shape index (κ2) is 6.23. The fourth-order valence-corrected chi connectivity index (χ4v) is 0.784. The molecule has 14 heavy (non-hydrogen) atoms. The Hall–Kier alpha value is -1.26. The molecule has 0 fully saturated rings. The summed E-state index contributed by atoms with van der Waals surface area (Å²) in [7, 11) is 1.34. The summed E-state index contributed by atoms with van der Waals surface area (Å²) in [6.07, 6.45) is 0. The predicted molar refractivity (Wildman–Crippen MR) is 55.9 cm³/mol. The van der Waals surface area contributed by atoms with Crippen molar-refractivity contribution in [1.29, 1.82) is 0 Å². The average Bonchev–Trinajstić information content (AvgIpc) is 2.13. The van der Waals surface area contributed by atoms with Gasteiger partial charge in [-0.05, 0) is 12.8 Å². The number of methoxy groups -OCH3 is 1. The molecule has 0 aromatic rings. The number of guanidine groups is 1. The largest absolute Gasteiger partial charge is 0.467 e. The number of esters is 1. The van der Waals surface area contributed by atoms with Crippen LogP contribution in [-0.2, 0) is 9.53 Å². The first-order valence-electron chi connectivity index (χ1n) is 4.61. The first kappa shape index (κ1) is 12.7. The van der Waals surface area contributed by atoms with Gasteiger partial charge < -0.3 is 15.8 Å². The lowest BCUT2D eigenvalue weighted by molar-refractivity contribution is -0.142. The molecular weight excluding hydrogens is 182 g/mol. The number of hydrogen-bond acceptors (Lipinski definition) is 3. The minimum Gasteiger partial charge on any atom is -0.467 e. The normalized spacial score (nSPS) is 13.9. The van der Waals surface area contributed by atoms with E-state index in [4.69, 9.17) is 5.73 Å². The Kier molecular flexibility index (Phi) is 5.67. The molecule has 1 unspecified atom stereocenters. The Morgan fingerprint density at radius 2 is 2.07 bits per heavy atom. The van der Waals surface area contributed by atoms with Gasteiger partial charge in [0.1, 0.15) is 6.04 Å². The highest BCUT2D eigenvalue weighted by Gasteiger charge is 2.12. The van der Waals surface area contributed by atoms with E-state index in [2.05, 4.69) is 15.0 Å². The Bertz CT molecular complexity index is 214. The summed E-state index contributed by atoms with van der Waals surface area (Å²) in [5, 5.41) is 2.74. The molecular formula is C9H19N3O2. The maximum atomic E-state index is 11.0. The van der Waals surface area contributed by atoms with E-state index in [0.717, 1.165) is 0 Å². The topological polar surface area (TPSA) is 76.7 Å². The van der Waals surface area contributed by atoms with Gasteiger partial charge in [0.05, 0.1) is 7.11 Å². The second-order valence-electron chi connectivity index (χ2n) is 3.51. The van der Waals surface area contributed by atoms with E-state index in [-0.39, 0.29) is 11.9 Å². The van der Waals surface area contributed by atoms with Gasteiger partial charge in [-0.1, -0.05) is 13.8 Å². The van der Waals surface area contributed by atoms with Crippen molar-refractivity contribution in [1.82, 2.24) is 5.32 Å². The van der Waals surface area contributed by atoms with Gasteiger partial charge in [0.25, 0.3) is 0 Å². The second-order valence-corrected chi connectivity index (χ2v) is 3.51. The SMILES string of the molecule is COC(=O)C(C)NC(N)=NCC(C)C. The first-order valence-corrected chi connectivity index (χ1v) is 4.61. The number of carbonyl (C=O) groups is 1. The fraction of sp³-hybridized carbons (Fsp3) is 0.778. The van der Waals surface area contributed by atoms with E-state index in [1.165, 1.54) is 7.11 Å². The van der Waals surface area contributed by atoms with Gasteiger partial charge in [0.2, 0.25) is 0 Å². The molecule has 5 heteroatoms. The zero-order chi connectivity index (χ0) is 11.1. The molecule has 0 aliphatic rings. The number of hydrogen-bond donors (Lipinski definition) is 2. The fourth-order valence-electron chi connectivity index (χ4n) is 0.784. The molecule has 0 aromatic carbocycles. The van der Waals surface area contributed by atoms with E-state index < -0.39 is 6.04 Å². The molecule has 0 aliphatic heterocycles. The van der Waals surface area contributed by atoms with Gasteiger partial charge in [-0.3, -0.25) is 4.99 Å². The van der Waals surface area contributed by atoms with Crippen molar-refractivity contribution in [2.24, 2.45) is 16.6 Å². The van der Waals surface area contributed by atoms with Crippen molar-refractivity contribution in [3.05, 3.63) is 0 Å². The molecule has 3 N–H and O–H groups in total. The highest BCUT2D eigenvalue weighted by Crippen LogP contribution is 1.91. The van der Waals surface area contributed by atoms with Gasteiger partial charge in [-0.25, -0.2) is 4.79 Å². The van der Waals surface area contributed by atoms with Crippen LogP contribution in [0.2, 0.25) is 0 Å². The van der Waals surface area contributed by atoms with Crippen LogP contribution in [-0.4, -0.2) is 31.6 Å². The maximum Gasteiger partial charge on any atom is 0.328 e. The summed E-state index contributed by atoms with van der Waals surface area (Å²) in [4.78, 5) is 15.0. The van der Waals surface area contributed by atoms with Crippen LogP contribution in [0.4, 0.5) is 0 Å². The average molecular weight is 201 g/mol. The maximum absolute atomic E-state index is 11.0. The monoisotopic (exact) mass is 201 g/mol. The summed E-state index contributed by atoms with van der Waals surface area (Å²) in [6, 6.07) is -0.462. The van der Waals surface area contributed by atoms with Crippen LogP contribution in [0.15, 0.2) is 4.99 Å². The van der Waals surface area contributed by atoms with Crippen molar-refractivity contribution < 1.29 is 9.53 Å². The Balaban J connectivity index is 3.98. The van der Waals surface area contributed by atoms with Crippen LogP contribution in [0.3, 0.4) is 0 Å². The van der Waals surface area contributed by atoms with Crippen molar-refractivity contribution in [2.45, 2.75) is 26.8 Å². The third-order valence-electron chi connectivity index (χ3n) is 1.55. The van der Waals surface area contributed by atoms with Crippen molar-refractivity contribution >= 4 is 11.9 Å². The molecule has 0 saturated heterocycles. The number of nitrogens with one attached hydrogen (secondary N) is 1. The van der Waals surface area contributed by atoms with Gasteiger partial charge in [-0.2, -0.15) is 0 Å². The number of aliphatic imine (C=N–C) groups is 1. The molecule has 82 valence electrons. The molecule has 0 aromatic heterocycles. The zero-order valence-electron chi connectivity index (χ0n) is 9.20. The van der Waals surface area contributed by atoms with E-state index in [9.17, 15) is 4.79 Å². The van der Waals surface area contributed by atoms with Crippen LogP contribution in [0.5, 0.6) is 0 Å². The first-order chi connectivity index (χ1) is 6.47. The highest BCUT2D eigenvalue weighted by molar-refractivity contribution is 5.85.